The van der Waals surface area contributed by atoms with Gasteiger partial charge in [0, 0.05) is 4.88 Å². The number of methoxy groups -OCH3 is 1. The summed E-state index contributed by atoms with van der Waals surface area (Å²) in [7, 11) is 1.48. The Balaban J connectivity index is 1.47. The molecule has 35 heavy (non-hydrogen) atoms. The number of carboxylic acids is 1. The minimum Gasteiger partial charge on any atom is -0.495 e. The van der Waals surface area contributed by atoms with E-state index in [0.717, 1.165) is 25.8 Å². The molecule has 0 aliphatic heterocycles. The van der Waals surface area contributed by atoms with E-state index in [1.54, 1.807) is 29.5 Å². The predicted octanol–water partition coefficient (Wildman–Crippen LogP) is 7.81. The van der Waals surface area contributed by atoms with Crippen molar-refractivity contribution in [3.63, 3.8) is 0 Å². The maximum atomic E-state index is 12.4. The van der Waals surface area contributed by atoms with Crippen LogP contribution in [0, 0.1) is 0 Å². The van der Waals surface area contributed by atoms with Gasteiger partial charge < -0.3 is 19.3 Å². The van der Waals surface area contributed by atoms with Gasteiger partial charge in [0.2, 0.25) is 0 Å². The molecule has 0 radical (unpaired) electrons. The number of rotatable bonds is 8. The summed E-state index contributed by atoms with van der Waals surface area (Å²) < 4.78 is 50.5. The number of ether oxygens (including phenoxy) is 2. The number of thiophene rings is 1. The first kappa shape index (κ1) is 24.5. The molecule has 1 heterocycles. The standard InChI is InChI=1S/C25H18F3NO4S2/c1-32-21-14-18(24(30)31)7-10-20(21)29-35-23-12-11-22(34-23)17-4-2-3-16(13-17)15-5-8-19(9-6-15)33-25(26,27)28/h2-14,29H,1H3,(H,30,31). The lowest BCUT2D eigenvalue weighted by Gasteiger charge is -2.10. The molecule has 0 saturated heterocycles. The molecule has 10 heteroatoms. The Bertz CT molecular complexity index is 1340. The van der Waals surface area contributed by atoms with E-state index in [9.17, 15) is 18.0 Å². The second-order valence-corrected chi connectivity index (χ2v) is 9.39. The summed E-state index contributed by atoms with van der Waals surface area (Å²) in [6, 6.07) is 22.0. The Kier molecular flexibility index (Phi) is 7.23. The van der Waals surface area contributed by atoms with Crippen LogP contribution < -0.4 is 14.2 Å². The van der Waals surface area contributed by atoms with Crippen LogP contribution in [0.15, 0.2) is 83.1 Å². The first-order chi connectivity index (χ1) is 16.7. The number of alkyl halides is 3. The maximum absolute atomic E-state index is 12.4. The summed E-state index contributed by atoms with van der Waals surface area (Å²) in [5, 5.41) is 9.13. The summed E-state index contributed by atoms with van der Waals surface area (Å²) in [4.78, 5) is 12.2. The Morgan fingerprint density at radius 3 is 2.37 bits per heavy atom. The Labute approximate surface area is 207 Å². The van der Waals surface area contributed by atoms with Crippen LogP contribution in [0.2, 0.25) is 0 Å². The second-order valence-electron chi connectivity index (χ2n) is 7.20. The van der Waals surface area contributed by atoms with E-state index in [2.05, 4.69) is 9.46 Å². The molecule has 0 unspecified atom stereocenters. The molecule has 0 aliphatic carbocycles. The fourth-order valence-corrected chi connectivity index (χ4v) is 5.06. The first-order valence-electron chi connectivity index (χ1n) is 10.1. The van der Waals surface area contributed by atoms with Crippen LogP contribution in [-0.2, 0) is 0 Å². The molecule has 0 fully saturated rings. The predicted molar refractivity (Wildman–Crippen MR) is 131 cm³/mol. The van der Waals surface area contributed by atoms with Gasteiger partial charge in [0.05, 0.1) is 22.6 Å². The van der Waals surface area contributed by atoms with Gasteiger partial charge in [0.1, 0.15) is 11.5 Å². The number of carbonyl (C=O) groups is 1. The van der Waals surface area contributed by atoms with Crippen LogP contribution in [0.4, 0.5) is 18.9 Å². The van der Waals surface area contributed by atoms with Crippen LogP contribution in [0.5, 0.6) is 11.5 Å². The highest BCUT2D eigenvalue weighted by atomic mass is 32.2. The van der Waals surface area contributed by atoms with Crippen molar-refractivity contribution in [2.45, 2.75) is 10.6 Å². The number of nitrogens with one attached hydrogen (secondary N) is 1. The van der Waals surface area contributed by atoms with Crippen molar-refractivity contribution in [2.24, 2.45) is 0 Å². The molecule has 1 aromatic heterocycles. The van der Waals surface area contributed by atoms with Gasteiger partial charge in [-0.2, -0.15) is 0 Å². The van der Waals surface area contributed by atoms with E-state index < -0.39 is 12.3 Å². The average molecular weight is 518 g/mol. The van der Waals surface area contributed by atoms with Crippen molar-refractivity contribution in [3.05, 3.63) is 84.4 Å². The molecule has 3 aromatic carbocycles. The Morgan fingerprint density at radius 1 is 0.943 bits per heavy atom. The Hall–Kier alpha value is -3.63. The maximum Gasteiger partial charge on any atom is 0.573 e. The van der Waals surface area contributed by atoms with Gasteiger partial charge in [-0.1, -0.05) is 30.3 Å². The lowest BCUT2D eigenvalue weighted by molar-refractivity contribution is -0.274. The van der Waals surface area contributed by atoms with Gasteiger partial charge in [-0.25, -0.2) is 4.79 Å². The molecule has 0 spiro atoms. The van der Waals surface area contributed by atoms with Crippen LogP contribution in [0.25, 0.3) is 21.6 Å². The van der Waals surface area contributed by atoms with Crippen molar-refractivity contribution >= 4 is 34.9 Å². The van der Waals surface area contributed by atoms with Gasteiger partial charge >= 0.3 is 12.3 Å². The normalized spacial score (nSPS) is 11.2. The minimum atomic E-state index is -4.72. The molecule has 2 N–H and O–H groups in total. The number of hydrogen-bond acceptors (Lipinski definition) is 6. The number of hydrogen-bond donors (Lipinski definition) is 2. The third-order valence-corrected chi connectivity index (χ3v) is 6.95. The van der Waals surface area contributed by atoms with Crippen molar-refractivity contribution in [1.29, 1.82) is 0 Å². The van der Waals surface area contributed by atoms with Gasteiger partial charge in [-0.15, -0.1) is 24.5 Å². The first-order valence-corrected chi connectivity index (χ1v) is 11.8. The van der Waals surface area contributed by atoms with E-state index in [1.807, 2.05) is 36.4 Å². The lowest BCUT2D eigenvalue weighted by Crippen LogP contribution is -2.16. The molecule has 0 amide bonds. The summed E-state index contributed by atoms with van der Waals surface area (Å²) in [6.07, 6.45) is -4.72. The zero-order chi connectivity index (χ0) is 25.0. The van der Waals surface area contributed by atoms with Crippen molar-refractivity contribution in [2.75, 3.05) is 11.8 Å². The van der Waals surface area contributed by atoms with Crippen LogP contribution >= 0.6 is 23.3 Å². The fourth-order valence-electron chi connectivity index (χ4n) is 3.25. The summed E-state index contributed by atoms with van der Waals surface area (Å²) >= 11 is 2.93. The third-order valence-electron chi connectivity index (χ3n) is 4.86. The molecular formula is C25H18F3NO4S2. The SMILES string of the molecule is COc1cc(C(=O)O)ccc1NSc1ccc(-c2cccc(-c3ccc(OC(F)(F)F)cc3)c2)s1. The lowest BCUT2D eigenvalue weighted by atomic mass is 10.0. The molecule has 4 rings (SSSR count). The minimum absolute atomic E-state index is 0.137. The van der Waals surface area contributed by atoms with Crippen LogP contribution in [-0.4, -0.2) is 24.5 Å². The summed E-state index contributed by atoms with van der Waals surface area (Å²) in [5.41, 5.74) is 3.39. The van der Waals surface area contributed by atoms with Crippen molar-refractivity contribution < 1.29 is 32.5 Å². The van der Waals surface area contributed by atoms with Gasteiger partial charge in [-0.3, -0.25) is 0 Å². The zero-order valence-corrected chi connectivity index (χ0v) is 19.8. The molecule has 0 atom stereocenters. The van der Waals surface area contributed by atoms with E-state index in [-0.39, 0.29) is 11.3 Å². The van der Waals surface area contributed by atoms with Gasteiger partial charge in [0.25, 0.3) is 0 Å². The van der Waals surface area contributed by atoms with Crippen LogP contribution in [0.3, 0.4) is 0 Å². The summed E-state index contributed by atoms with van der Waals surface area (Å²) in [5.74, 6) is -0.870. The smallest absolute Gasteiger partial charge is 0.495 e. The molecule has 180 valence electrons. The summed E-state index contributed by atoms with van der Waals surface area (Å²) in [6.45, 7) is 0. The third kappa shape index (κ3) is 6.28. The highest BCUT2D eigenvalue weighted by Gasteiger charge is 2.30. The molecule has 0 bridgehead atoms. The highest BCUT2D eigenvalue weighted by Crippen LogP contribution is 2.37. The number of carboxylic acid groups (broad SMARTS) is 1. The quantitative estimate of drug-likeness (QED) is 0.232. The Morgan fingerprint density at radius 2 is 1.69 bits per heavy atom. The van der Waals surface area contributed by atoms with E-state index in [4.69, 9.17) is 9.84 Å². The molecule has 4 aromatic rings. The molecular weight excluding hydrogens is 499 g/mol. The average Bonchev–Trinajstić information content (AvgIpc) is 3.31. The topological polar surface area (TPSA) is 67.8 Å². The van der Waals surface area contributed by atoms with Crippen molar-refractivity contribution in [3.8, 4) is 33.1 Å². The van der Waals surface area contributed by atoms with Crippen molar-refractivity contribution in [1.82, 2.24) is 0 Å². The number of anilines is 1. The fraction of sp³-hybridized carbons (Fsp3) is 0.0800. The van der Waals surface area contributed by atoms with E-state index in [0.29, 0.717) is 11.4 Å². The number of aromatic carboxylic acids is 1. The number of benzene rings is 3. The van der Waals surface area contributed by atoms with Gasteiger partial charge in [-0.05, 0) is 77.2 Å². The highest BCUT2D eigenvalue weighted by molar-refractivity contribution is 8.02. The van der Waals surface area contributed by atoms with E-state index >= 15 is 0 Å². The van der Waals surface area contributed by atoms with E-state index in [1.165, 1.54) is 43.3 Å². The zero-order valence-electron chi connectivity index (χ0n) is 18.1. The molecule has 0 aliphatic rings. The molecule has 5 nitrogen and oxygen atoms in total. The van der Waals surface area contributed by atoms with Crippen LogP contribution in [0.1, 0.15) is 10.4 Å². The second kappa shape index (κ2) is 10.3. The van der Waals surface area contributed by atoms with Gasteiger partial charge in [0.15, 0.2) is 0 Å². The molecule has 0 saturated carbocycles. The largest absolute Gasteiger partial charge is 0.573 e. The number of halogens is 3. The monoisotopic (exact) mass is 517 g/mol.